The molecule has 0 atom stereocenters. The maximum absolute atomic E-state index is 12.4. The third-order valence-electron chi connectivity index (χ3n) is 3.39. The zero-order valence-electron chi connectivity index (χ0n) is 13.8. The summed E-state index contributed by atoms with van der Waals surface area (Å²) in [6, 6.07) is 7.42. The zero-order valence-corrected chi connectivity index (χ0v) is 13.8. The van der Waals surface area contributed by atoms with Crippen LogP contribution in [0, 0.1) is 13.8 Å². The quantitative estimate of drug-likeness (QED) is 0.884. The lowest BCUT2D eigenvalue weighted by Crippen LogP contribution is -2.25. The Morgan fingerprint density at radius 1 is 1.27 bits per heavy atom. The third kappa shape index (κ3) is 3.47. The third-order valence-corrected chi connectivity index (χ3v) is 3.39. The number of anilines is 1. The minimum atomic E-state index is -0.521. The summed E-state index contributed by atoms with van der Waals surface area (Å²) in [5.41, 5.74) is 9.25. The number of aromatic nitrogens is 2. The standard InChI is InChI=1S/C17H23N3O2/c1-11-15(18)12(2)20(19-11)10-13-8-6-7-9-14(13)16(21)22-17(3,4)5/h6-9H,10,18H2,1-5H3. The van der Waals surface area contributed by atoms with Crippen LogP contribution in [-0.2, 0) is 11.3 Å². The van der Waals surface area contributed by atoms with E-state index in [0.29, 0.717) is 17.8 Å². The van der Waals surface area contributed by atoms with Gasteiger partial charge >= 0.3 is 5.97 Å². The van der Waals surface area contributed by atoms with Gasteiger partial charge in [0, 0.05) is 0 Å². The number of esters is 1. The van der Waals surface area contributed by atoms with Crippen molar-refractivity contribution in [3.05, 3.63) is 46.8 Å². The van der Waals surface area contributed by atoms with Crippen molar-refractivity contribution in [2.24, 2.45) is 0 Å². The van der Waals surface area contributed by atoms with Crippen molar-refractivity contribution in [1.82, 2.24) is 9.78 Å². The number of hydrogen-bond donors (Lipinski definition) is 1. The molecule has 0 spiro atoms. The molecule has 22 heavy (non-hydrogen) atoms. The van der Waals surface area contributed by atoms with Crippen LogP contribution in [0.1, 0.15) is 48.1 Å². The molecule has 0 aliphatic rings. The molecule has 0 radical (unpaired) electrons. The van der Waals surface area contributed by atoms with Gasteiger partial charge in [0.2, 0.25) is 0 Å². The molecule has 0 aliphatic heterocycles. The van der Waals surface area contributed by atoms with Crippen molar-refractivity contribution in [3.8, 4) is 0 Å². The molecule has 0 saturated heterocycles. The van der Waals surface area contributed by atoms with Crippen LogP contribution in [0.5, 0.6) is 0 Å². The number of aryl methyl sites for hydroxylation is 1. The first kappa shape index (κ1) is 16.1. The van der Waals surface area contributed by atoms with Gasteiger partial charge in [-0.25, -0.2) is 4.79 Å². The summed E-state index contributed by atoms with van der Waals surface area (Å²) in [6.07, 6.45) is 0. The van der Waals surface area contributed by atoms with E-state index in [-0.39, 0.29) is 5.97 Å². The molecule has 1 aromatic carbocycles. The van der Waals surface area contributed by atoms with Crippen molar-refractivity contribution >= 4 is 11.7 Å². The number of benzene rings is 1. The lowest BCUT2D eigenvalue weighted by molar-refractivity contribution is 0.00682. The van der Waals surface area contributed by atoms with Gasteiger partial charge in [0.25, 0.3) is 0 Å². The Bertz CT molecular complexity index is 696. The summed E-state index contributed by atoms with van der Waals surface area (Å²) in [6.45, 7) is 9.85. The van der Waals surface area contributed by atoms with E-state index in [9.17, 15) is 4.79 Å². The van der Waals surface area contributed by atoms with E-state index >= 15 is 0 Å². The summed E-state index contributed by atoms with van der Waals surface area (Å²) in [4.78, 5) is 12.4. The van der Waals surface area contributed by atoms with Crippen molar-refractivity contribution in [1.29, 1.82) is 0 Å². The number of ether oxygens (including phenoxy) is 1. The fraction of sp³-hybridized carbons (Fsp3) is 0.412. The van der Waals surface area contributed by atoms with E-state index in [1.165, 1.54) is 0 Å². The molecular formula is C17H23N3O2. The maximum Gasteiger partial charge on any atom is 0.338 e. The molecule has 2 rings (SSSR count). The highest BCUT2D eigenvalue weighted by Crippen LogP contribution is 2.20. The van der Waals surface area contributed by atoms with E-state index < -0.39 is 5.60 Å². The Kier molecular flexibility index (Phi) is 4.26. The topological polar surface area (TPSA) is 70.1 Å². The van der Waals surface area contributed by atoms with Gasteiger partial charge in [-0.2, -0.15) is 5.10 Å². The average Bonchev–Trinajstić information content (AvgIpc) is 2.65. The second-order valence-corrected chi connectivity index (χ2v) is 6.40. The Morgan fingerprint density at radius 3 is 2.45 bits per heavy atom. The van der Waals surface area contributed by atoms with E-state index in [0.717, 1.165) is 17.0 Å². The van der Waals surface area contributed by atoms with Gasteiger partial charge in [-0.15, -0.1) is 0 Å². The number of nitrogen functional groups attached to an aromatic ring is 1. The largest absolute Gasteiger partial charge is 0.456 e. The Balaban J connectivity index is 2.32. The summed E-state index contributed by atoms with van der Waals surface area (Å²) in [5, 5.41) is 4.42. The molecule has 0 fully saturated rings. The number of hydrogen-bond acceptors (Lipinski definition) is 4. The lowest BCUT2D eigenvalue weighted by atomic mass is 10.1. The fourth-order valence-corrected chi connectivity index (χ4v) is 2.22. The SMILES string of the molecule is Cc1nn(Cc2ccccc2C(=O)OC(C)(C)C)c(C)c1N. The summed E-state index contributed by atoms with van der Waals surface area (Å²) >= 11 is 0. The van der Waals surface area contributed by atoms with Crippen LogP contribution in [0.3, 0.4) is 0 Å². The molecule has 1 heterocycles. The molecule has 0 unspecified atom stereocenters. The summed E-state index contributed by atoms with van der Waals surface area (Å²) in [5.74, 6) is -0.322. The van der Waals surface area contributed by atoms with Crippen LogP contribution in [0.15, 0.2) is 24.3 Å². The second kappa shape index (κ2) is 5.83. The lowest BCUT2D eigenvalue weighted by Gasteiger charge is -2.20. The molecule has 5 nitrogen and oxygen atoms in total. The predicted octanol–water partition coefficient (Wildman–Crippen LogP) is 3.09. The molecule has 2 aromatic rings. The molecule has 2 N–H and O–H groups in total. The highest BCUT2D eigenvalue weighted by Gasteiger charge is 2.20. The molecule has 5 heteroatoms. The normalized spacial score (nSPS) is 11.5. The summed E-state index contributed by atoms with van der Waals surface area (Å²) < 4.78 is 7.28. The van der Waals surface area contributed by atoms with E-state index in [4.69, 9.17) is 10.5 Å². The van der Waals surface area contributed by atoms with Gasteiger partial charge in [0.05, 0.1) is 29.2 Å². The number of nitrogens with zero attached hydrogens (tertiary/aromatic N) is 2. The number of carbonyl (C=O) groups is 1. The van der Waals surface area contributed by atoms with Crippen LogP contribution in [0.25, 0.3) is 0 Å². The molecule has 0 aliphatic carbocycles. The number of nitrogens with two attached hydrogens (primary N) is 1. The Labute approximate surface area is 131 Å². The minimum Gasteiger partial charge on any atom is -0.456 e. The first-order valence-corrected chi connectivity index (χ1v) is 7.30. The summed E-state index contributed by atoms with van der Waals surface area (Å²) in [7, 11) is 0. The first-order valence-electron chi connectivity index (χ1n) is 7.30. The monoisotopic (exact) mass is 301 g/mol. The van der Waals surface area contributed by atoms with E-state index in [1.807, 2.05) is 57.5 Å². The highest BCUT2D eigenvalue weighted by atomic mass is 16.6. The first-order chi connectivity index (χ1) is 10.2. The van der Waals surface area contributed by atoms with Gasteiger partial charge in [-0.3, -0.25) is 4.68 Å². The van der Waals surface area contributed by atoms with E-state index in [2.05, 4.69) is 5.10 Å². The van der Waals surface area contributed by atoms with Gasteiger partial charge in [-0.1, -0.05) is 18.2 Å². The molecule has 1 aromatic heterocycles. The van der Waals surface area contributed by atoms with Gasteiger partial charge in [0.15, 0.2) is 0 Å². The van der Waals surface area contributed by atoms with Crippen LogP contribution in [-0.4, -0.2) is 21.4 Å². The van der Waals surface area contributed by atoms with Crippen LogP contribution in [0.2, 0.25) is 0 Å². The van der Waals surface area contributed by atoms with Crippen LogP contribution in [0.4, 0.5) is 5.69 Å². The molecular weight excluding hydrogens is 278 g/mol. The van der Waals surface area contributed by atoms with Crippen LogP contribution >= 0.6 is 0 Å². The van der Waals surface area contributed by atoms with Crippen molar-refractivity contribution in [2.45, 2.75) is 46.8 Å². The molecule has 0 saturated carbocycles. The number of carbonyl (C=O) groups excluding carboxylic acids is 1. The Hall–Kier alpha value is -2.30. The van der Waals surface area contributed by atoms with Gasteiger partial charge in [0.1, 0.15) is 5.60 Å². The second-order valence-electron chi connectivity index (χ2n) is 6.40. The fourth-order valence-electron chi connectivity index (χ4n) is 2.22. The minimum absolute atomic E-state index is 0.322. The van der Waals surface area contributed by atoms with E-state index in [1.54, 1.807) is 6.07 Å². The molecule has 0 amide bonds. The number of rotatable bonds is 3. The average molecular weight is 301 g/mol. The molecule has 0 bridgehead atoms. The van der Waals surface area contributed by atoms with Crippen molar-refractivity contribution in [2.75, 3.05) is 5.73 Å². The van der Waals surface area contributed by atoms with Crippen LogP contribution < -0.4 is 5.73 Å². The Morgan fingerprint density at radius 2 is 1.91 bits per heavy atom. The highest BCUT2D eigenvalue weighted by molar-refractivity contribution is 5.91. The smallest absolute Gasteiger partial charge is 0.338 e. The predicted molar refractivity (Wildman–Crippen MR) is 86.8 cm³/mol. The van der Waals surface area contributed by atoms with Gasteiger partial charge < -0.3 is 10.5 Å². The van der Waals surface area contributed by atoms with Crippen molar-refractivity contribution < 1.29 is 9.53 Å². The zero-order chi connectivity index (χ0) is 16.5. The van der Waals surface area contributed by atoms with Crippen molar-refractivity contribution in [3.63, 3.8) is 0 Å². The van der Waals surface area contributed by atoms with Gasteiger partial charge in [-0.05, 0) is 46.2 Å². The maximum atomic E-state index is 12.4. The molecule has 118 valence electrons.